The lowest BCUT2D eigenvalue weighted by molar-refractivity contribution is -0.139. The number of allylic oxidation sites excluding steroid dienone is 2. The fourth-order valence-electron chi connectivity index (χ4n) is 3.91. The molecule has 0 atom stereocenters. The lowest BCUT2D eigenvalue weighted by Gasteiger charge is -2.23. The largest absolute Gasteiger partial charge is 0.465 e. The second-order valence-electron chi connectivity index (χ2n) is 7.97. The van der Waals surface area contributed by atoms with Gasteiger partial charge in [-0.3, -0.25) is 9.40 Å². The van der Waals surface area contributed by atoms with E-state index in [0.29, 0.717) is 24.6 Å². The molecule has 190 valence electrons. The van der Waals surface area contributed by atoms with E-state index in [1.165, 1.54) is 55.7 Å². The van der Waals surface area contributed by atoms with Gasteiger partial charge in [0.1, 0.15) is 5.70 Å². The van der Waals surface area contributed by atoms with Crippen LogP contribution < -0.4 is 9.62 Å². The Labute approximate surface area is 208 Å². The highest BCUT2D eigenvalue weighted by molar-refractivity contribution is 7.92. The van der Waals surface area contributed by atoms with Crippen molar-refractivity contribution in [2.75, 3.05) is 37.1 Å². The number of ether oxygens (including phenoxy) is 3. The van der Waals surface area contributed by atoms with E-state index in [4.69, 9.17) is 14.2 Å². The Bertz CT molecular complexity index is 1320. The molecule has 1 aromatic carbocycles. The number of benzene rings is 1. The first-order valence-electron chi connectivity index (χ1n) is 11.1. The summed E-state index contributed by atoms with van der Waals surface area (Å²) in [5.74, 6) is -1.48. The molecule has 3 heterocycles. The maximum Gasteiger partial charge on any atom is 0.355 e. The van der Waals surface area contributed by atoms with E-state index in [0.717, 1.165) is 12.8 Å². The normalized spacial score (nSPS) is 16.6. The third-order valence-electron chi connectivity index (χ3n) is 5.73. The molecule has 4 rings (SSSR count). The number of anilines is 2. The molecule has 12 heteroatoms. The van der Waals surface area contributed by atoms with Crippen molar-refractivity contribution in [1.29, 1.82) is 0 Å². The van der Waals surface area contributed by atoms with E-state index in [-0.39, 0.29) is 22.2 Å². The number of sulfonamides is 1. The van der Waals surface area contributed by atoms with Gasteiger partial charge in [-0.25, -0.2) is 18.0 Å². The molecule has 0 radical (unpaired) electrons. The first kappa shape index (κ1) is 25.2. The predicted molar refractivity (Wildman–Crippen MR) is 130 cm³/mol. The number of carbonyl (C=O) groups is 2. The van der Waals surface area contributed by atoms with Crippen molar-refractivity contribution in [2.45, 2.75) is 23.8 Å². The number of hydrogen-bond acceptors (Lipinski definition) is 9. The molecule has 1 aromatic heterocycles. The maximum atomic E-state index is 13.0. The van der Waals surface area contributed by atoms with E-state index in [1.54, 1.807) is 29.2 Å². The van der Waals surface area contributed by atoms with Gasteiger partial charge in [-0.1, -0.05) is 6.08 Å². The van der Waals surface area contributed by atoms with Crippen molar-refractivity contribution in [3.63, 3.8) is 0 Å². The number of aromatic nitrogens is 2. The van der Waals surface area contributed by atoms with E-state index < -0.39 is 22.0 Å². The maximum absolute atomic E-state index is 13.0. The van der Waals surface area contributed by atoms with Crippen LogP contribution in [0.2, 0.25) is 0 Å². The van der Waals surface area contributed by atoms with Gasteiger partial charge < -0.3 is 19.1 Å². The molecule has 1 fully saturated rings. The summed E-state index contributed by atoms with van der Waals surface area (Å²) in [5, 5.41) is 4.29. The van der Waals surface area contributed by atoms with E-state index in [9.17, 15) is 18.0 Å². The van der Waals surface area contributed by atoms with Crippen LogP contribution in [0.1, 0.15) is 18.9 Å². The number of nitrogens with zero attached hydrogens (tertiary/aromatic N) is 3. The SMILES string of the molecule is COC(=O)C1=C(C(=O)OC)N(c2ccc(S(=O)(=O)Nc3cnn(C4CCOCC4)c3)cc2)C=CC=C1. The minimum atomic E-state index is -3.90. The van der Waals surface area contributed by atoms with Crippen LogP contribution in [0, 0.1) is 0 Å². The Morgan fingerprint density at radius 1 is 1.06 bits per heavy atom. The average molecular weight is 515 g/mol. The quantitative estimate of drug-likeness (QED) is 0.554. The Kier molecular flexibility index (Phi) is 7.55. The number of rotatable bonds is 7. The molecule has 1 saturated heterocycles. The summed E-state index contributed by atoms with van der Waals surface area (Å²) in [7, 11) is -1.49. The third kappa shape index (κ3) is 5.34. The fourth-order valence-corrected chi connectivity index (χ4v) is 4.93. The van der Waals surface area contributed by atoms with Crippen LogP contribution >= 0.6 is 0 Å². The van der Waals surface area contributed by atoms with Gasteiger partial charge in [-0.05, 0) is 49.3 Å². The summed E-state index contributed by atoms with van der Waals surface area (Å²) < 4.78 is 45.3. The number of methoxy groups -OCH3 is 2. The van der Waals surface area contributed by atoms with Gasteiger partial charge in [0.15, 0.2) is 0 Å². The summed E-state index contributed by atoms with van der Waals surface area (Å²) >= 11 is 0. The van der Waals surface area contributed by atoms with Gasteiger partial charge in [-0.2, -0.15) is 5.10 Å². The Balaban J connectivity index is 1.58. The second-order valence-corrected chi connectivity index (χ2v) is 9.65. The van der Waals surface area contributed by atoms with Crippen molar-refractivity contribution in [3.8, 4) is 0 Å². The third-order valence-corrected chi connectivity index (χ3v) is 7.13. The first-order chi connectivity index (χ1) is 17.3. The van der Waals surface area contributed by atoms with Crippen LogP contribution in [0.3, 0.4) is 0 Å². The first-order valence-corrected chi connectivity index (χ1v) is 12.6. The molecule has 0 aliphatic carbocycles. The molecule has 1 N–H and O–H groups in total. The topological polar surface area (TPSA) is 129 Å². The summed E-state index contributed by atoms with van der Waals surface area (Å²) in [6, 6.07) is 6.01. The molecule has 0 bridgehead atoms. The van der Waals surface area contributed by atoms with Crippen LogP contribution in [0.25, 0.3) is 0 Å². The van der Waals surface area contributed by atoms with Crippen LogP contribution in [-0.4, -0.2) is 57.6 Å². The van der Waals surface area contributed by atoms with Crippen LogP contribution in [0.5, 0.6) is 0 Å². The van der Waals surface area contributed by atoms with E-state index >= 15 is 0 Å². The van der Waals surface area contributed by atoms with Gasteiger partial charge in [0, 0.05) is 31.3 Å². The van der Waals surface area contributed by atoms with Crippen molar-refractivity contribution < 1.29 is 32.2 Å². The van der Waals surface area contributed by atoms with Crippen LogP contribution in [-0.2, 0) is 33.8 Å². The Hall–Kier alpha value is -3.90. The molecular formula is C24H26N4O7S. The molecule has 36 heavy (non-hydrogen) atoms. The van der Waals surface area contributed by atoms with Crippen molar-refractivity contribution in [1.82, 2.24) is 9.78 Å². The minimum absolute atomic E-state index is 0.00532. The molecule has 0 saturated carbocycles. The van der Waals surface area contributed by atoms with E-state index in [1.807, 2.05) is 0 Å². The van der Waals surface area contributed by atoms with Gasteiger partial charge in [0.05, 0.1) is 42.6 Å². The Morgan fingerprint density at radius 3 is 2.42 bits per heavy atom. The zero-order chi connectivity index (χ0) is 25.7. The number of esters is 2. The molecule has 0 unspecified atom stereocenters. The summed E-state index contributed by atoms with van der Waals surface area (Å²) in [4.78, 5) is 26.3. The molecule has 2 aromatic rings. The molecule has 0 spiro atoms. The standard InChI is InChI=1S/C24H26N4O7S/c1-33-23(29)21-5-3-4-12-27(22(21)24(30)34-2)18-6-8-20(9-7-18)36(31,32)26-17-15-25-28(16-17)19-10-13-35-14-11-19/h3-9,12,15-16,19,26H,10-11,13-14H2,1-2H3. The smallest absolute Gasteiger partial charge is 0.355 e. The average Bonchev–Trinajstić information content (AvgIpc) is 3.24. The zero-order valence-corrected chi connectivity index (χ0v) is 20.6. The number of hydrogen-bond donors (Lipinski definition) is 1. The molecule has 2 aliphatic rings. The highest BCUT2D eigenvalue weighted by atomic mass is 32.2. The summed E-state index contributed by atoms with van der Waals surface area (Å²) in [6.07, 6.45) is 11.0. The Morgan fingerprint density at radius 2 is 1.75 bits per heavy atom. The summed E-state index contributed by atoms with van der Waals surface area (Å²) in [5.41, 5.74) is 0.714. The lowest BCUT2D eigenvalue weighted by atomic mass is 10.1. The van der Waals surface area contributed by atoms with Crippen LogP contribution in [0.4, 0.5) is 11.4 Å². The number of nitrogens with one attached hydrogen (secondary N) is 1. The van der Waals surface area contributed by atoms with Crippen LogP contribution in [0.15, 0.2) is 77.3 Å². The van der Waals surface area contributed by atoms with Crippen molar-refractivity contribution in [2.24, 2.45) is 0 Å². The molecular weight excluding hydrogens is 488 g/mol. The van der Waals surface area contributed by atoms with Crippen molar-refractivity contribution >= 4 is 33.3 Å². The summed E-state index contributed by atoms with van der Waals surface area (Å²) in [6.45, 7) is 1.29. The zero-order valence-electron chi connectivity index (χ0n) is 19.8. The van der Waals surface area contributed by atoms with E-state index in [2.05, 4.69) is 9.82 Å². The van der Waals surface area contributed by atoms with Gasteiger partial charge in [0.25, 0.3) is 10.0 Å². The minimum Gasteiger partial charge on any atom is -0.465 e. The van der Waals surface area contributed by atoms with Gasteiger partial charge >= 0.3 is 11.9 Å². The monoisotopic (exact) mass is 514 g/mol. The molecule has 0 amide bonds. The number of carbonyl (C=O) groups excluding carboxylic acids is 2. The predicted octanol–water partition coefficient (Wildman–Crippen LogP) is 2.53. The fraction of sp³-hybridized carbons (Fsp3) is 0.292. The highest BCUT2D eigenvalue weighted by Crippen LogP contribution is 2.28. The lowest BCUT2D eigenvalue weighted by Crippen LogP contribution is -2.27. The van der Waals surface area contributed by atoms with Crippen molar-refractivity contribution in [3.05, 3.63) is 72.4 Å². The highest BCUT2D eigenvalue weighted by Gasteiger charge is 2.28. The molecule has 2 aliphatic heterocycles. The molecule has 11 nitrogen and oxygen atoms in total. The van der Waals surface area contributed by atoms with Gasteiger partial charge in [0.2, 0.25) is 0 Å². The second kappa shape index (κ2) is 10.8. The van der Waals surface area contributed by atoms with Gasteiger partial charge in [-0.15, -0.1) is 0 Å².